The predicted molar refractivity (Wildman–Crippen MR) is 77.9 cm³/mol. The average molecular weight is 335 g/mol. The van der Waals surface area contributed by atoms with Gasteiger partial charge in [-0.15, -0.1) is 0 Å². The number of alkyl halides is 1. The second-order valence-electron chi connectivity index (χ2n) is 4.84. The zero-order valence-corrected chi connectivity index (χ0v) is 12.7. The Morgan fingerprint density at radius 1 is 1.33 bits per heavy atom. The lowest BCUT2D eigenvalue weighted by molar-refractivity contribution is 0.209. The molecule has 0 aromatic heterocycles. The summed E-state index contributed by atoms with van der Waals surface area (Å²) in [5.41, 5.74) is 0.893. The van der Waals surface area contributed by atoms with E-state index in [0.29, 0.717) is 6.04 Å². The molecule has 1 fully saturated rings. The van der Waals surface area contributed by atoms with Gasteiger partial charge in [-0.3, -0.25) is 4.90 Å². The molecule has 0 N–H and O–H groups in total. The minimum Gasteiger partial charge on any atom is -0.295 e. The topological polar surface area (TPSA) is 3.24 Å². The number of rotatable bonds is 3. The second kappa shape index (κ2) is 6.88. The predicted octanol–water partition coefficient (Wildman–Crippen LogP) is 4.62. The van der Waals surface area contributed by atoms with Crippen molar-refractivity contribution in [2.75, 3.05) is 11.9 Å². The Bertz CT molecular complexity index is 399. The van der Waals surface area contributed by atoms with E-state index in [1.807, 2.05) is 6.07 Å². The highest BCUT2D eigenvalue weighted by molar-refractivity contribution is 9.09. The summed E-state index contributed by atoms with van der Waals surface area (Å²) in [6.07, 6.45) is 5.00. The van der Waals surface area contributed by atoms with Crippen LogP contribution in [0.2, 0.25) is 5.02 Å². The molecular weight excluding hydrogens is 317 g/mol. The number of benzene rings is 1. The van der Waals surface area contributed by atoms with Crippen molar-refractivity contribution in [2.24, 2.45) is 0 Å². The Labute approximate surface area is 121 Å². The Hall–Kier alpha value is -0.120. The molecule has 1 heterocycles. The Morgan fingerprint density at radius 3 is 2.94 bits per heavy atom. The van der Waals surface area contributed by atoms with Gasteiger partial charge in [-0.25, -0.2) is 4.39 Å². The number of likely N-dealkylation sites (tertiary alicyclic amines) is 1. The van der Waals surface area contributed by atoms with Crippen LogP contribution in [0.3, 0.4) is 0 Å². The fourth-order valence-electron chi connectivity index (χ4n) is 2.51. The van der Waals surface area contributed by atoms with E-state index in [4.69, 9.17) is 11.6 Å². The maximum absolute atomic E-state index is 13.4. The summed E-state index contributed by atoms with van der Waals surface area (Å²) in [6, 6.07) is 5.60. The number of nitrogens with zero attached hydrogens (tertiary/aromatic N) is 1. The quantitative estimate of drug-likeness (QED) is 0.729. The maximum Gasteiger partial charge on any atom is 0.142 e. The van der Waals surface area contributed by atoms with Crippen LogP contribution in [0.1, 0.15) is 31.2 Å². The molecule has 0 saturated carbocycles. The fraction of sp³-hybridized carbons (Fsp3) is 0.571. The van der Waals surface area contributed by atoms with Gasteiger partial charge in [0, 0.05) is 17.9 Å². The molecular formula is C14H18BrClFN. The Morgan fingerprint density at radius 2 is 2.17 bits per heavy atom. The summed E-state index contributed by atoms with van der Waals surface area (Å²) in [5, 5.41) is 1.25. The molecule has 18 heavy (non-hydrogen) atoms. The highest BCUT2D eigenvalue weighted by Crippen LogP contribution is 2.25. The molecule has 1 atom stereocenters. The molecule has 0 radical (unpaired) electrons. The molecule has 1 saturated heterocycles. The van der Waals surface area contributed by atoms with Crippen LogP contribution >= 0.6 is 27.5 Å². The molecule has 0 aliphatic carbocycles. The van der Waals surface area contributed by atoms with Gasteiger partial charge in [0.15, 0.2) is 0 Å². The van der Waals surface area contributed by atoms with Gasteiger partial charge in [0.1, 0.15) is 5.82 Å². The smallest absolute Gasteiger partial charge is 0.142 e. The summed E-state index contributed by atoms with van der Waals surface area (Å²) < 4.78 is 13.4. The summed E-state index contributed by atoms with van der Waals surface area (Å²) >= 11 is 9.61. The molecule has 1 aromatic rings. The standard InChI is InChI=1S/C14H18BrClFN/c15-9-12-6-2-1-3-8-18(12)10-11-5-4-7-13(17)14(11)16/h4-5,7,12H,1-3,6,8-10H2. The van der Waals surface area contributed by atoms with Gasteiger partial charge in [-0.1, -0.05) is 52.5 Å². The molecule has 1 aromatic carbocycles. The summed E-state index contributed by atoms with van der Waals surface area (Å²) in [4.78, 5) is 2.42. The first-order chi connectivity index (χ1) is 8.72. The summed E-state index contributed by atoms with van der Waals surface area (Å²) in [6.45, 7) is 1.82. The van der Waals surface area contributed by atoms with Crippen molar-refractivity contribution in [3.8, 4) is 0 Å². The molecule has 1 aliphatic rings. The summed E-state index contributed by atoms with van der Waals surface area (Å²) in [5.74, 6) is -0.320. The monoisotopic (exact) mass is 333 g/mol. The van der Waals surface area contributed by atoms with Crippen molar-refractivity contribution in [3.63, 3.8) is 0 Å². The normalized spacial score (nSPS) is 21.8. The van der Waals surface area contributed by atoms with Gasteiger partial charge in [0.05, 0.1) is 5.02 Å². The minimum absolute atomic E-state index is 0.273. The van der Waals surface area contributed by atoms with Gasteiger partial charge in [0.2, 0.25) is 0 Å². The molecule has 0 spiro atoms. The Kier molecular flexibility index (Phi) is 5.46. The lowest BCUT2D eigenvalue weighted by Gasteiger charge is -2.28. The highest BCUT2D eigenvalue weighted by Gasteiger charge is 2.21. The third-order valence-corrected chi connectivity index (χ3v) is 4.75. The van der Waals surface area contributed by atoms with Crippen LogP contribution in [0.4, 0.5) is 4.39 Å². The van der Waals surface area contributed by atoms with Crippen LogP contribution in [-0.4, -0.2) is 22.8 Å². The maximum atomic E-state index is 13.4. The first-order valence-electron chi connectivity index (χ1n) is 6.45. The average Bonchev–Trinajstić information content (AvgIpc) is 2.60. The largest absolute Gasteiger partial charge is 0.295 e. The van der Waals surface area contributed by atoms with Crippen molar-refractivity contribution < 1.29 is 4.39 Å². The zero-order chi connectivity index (χ0) is 13.0. The van der Waals surface area contributed by atoms with E-state index in [1.54, 1.807) is 6.07 Å². The number of hydrogen-bond donors (Lipinski definition) is 0. The van der Waals surface area contributed by atoms with Gasteiger partial charge in [0.25, 0.3) is 0 Å². The molecule has 1 nitrogen and oxygen atoms in total. The third kappa shape index (κ3) is 3.46. The molecule has 0 amide bonds. The van der Waals surface area contributed by atoms with Crippen molar-refractivity contribution in [2.45, 2.75) is 38.3 Å². The lowest BCUT2D eigenvalue weighted by atomic mass is 10.1. The summed E-state index contributed by atoms with van der Waals surface area (Å²) in [7, 11) is 0. The van der Waals surface area contributed by atoms with E-state index in [2.05, 4.69) is 20.8 Å². The van der Waals surface area contributed by atoms with Crippen molar-refractivity contribution in [3.05, 3.63) is 34.6 Å². The molecule has 1 aliphatic heterocycles. The number of halogens is 3. The fourth-order valence-corrected chi connectivity index (χ4v) is 3.43. The van der Waals surface area contributed by atoms with E-state index >= 15 is 0 Å². The molecule has 0 bridgehead atoms. The van der Waals surface area contributed by atoms with Crippen molar-refractivity contribution >= 4 is 27.5 Å². The van der Waals surface area contributed by atoms with Crippen LogP contribution in [-0.2, 0) is 6.54 Å². The van der Waals surface area contributed by atoms with E-state index in [-0.39, 0.29) is 10.8 Å². The van der Waals surface area contributed by atoms with E-state index in [1.165, 1.54) is 31.7 Å². The third-order valence-electron chi connectivity index (χ3n) is 3.58. The van der Waals surface area contributed by atoms with Crippen molar-refractivity contribution in [1.82, 2.24) is 4.90 Å². The van der Waals surface area contributed by atoms with Crippen LogP contribution in [0.15, 0.2) is 18.2 Å². The van der Waals surface area contributed by atoms with Crippen LogP contribution in [0, 0.1) is 5.82 Å². The zero-order valence-electron chi connectivity index (χ0n) is 10.3. The molecule has 4 heteroatoms. The van der Waals surface area contributed by atoms with Gasteiger partial charge < -0.3 is 0 Å². The van der Waals surface area contributed by atoms with Gasteiger partial charge >= 0.3 is 0 Å². The van der Waals surface area contributed by atoms with E-state index in [9.17, 15) is 4.39 Å². The van der Waals surface area contributed by atoms with Crippen LogP contribution in [0.25, 0.3) is 0 Å². The highest BCUT2D eigenvalue weighted by atomic mass is 79.9. The van der Waals surface area contributed by atoms with E-state index < -0.39 is 0 Å². The van der Waals surface area contributed by atoms with Gasteiger partial charge in [-0.2, -0.15) is 0 Å². The molecule has 1 unspecified atom stereocenters. The second-order valence-corrected chi connectivity index (χ2v) is 5.87. The minimum atomic E-state index is -0.320. The SMILES string of the molecule is Fc1cccc(CN2CCCCCC2CBr)c1Cl. The number of hydrogen-bond acceptors (Lipinski definition) is 1. The van der Waals surface area contributed by atoms with Crippen LogP contribution in [0.5, 0.6) is 0 Å². The molecule has 2 rings (SSSR count). The van der Waals surface area contributed by atoms with Crippen molar-refractivity contribution in [1.29, 1.82) is 0 Å². The van der Waals surface area contributed by atoms with E-state index in [0.717, 1.165) is 24.0 Å². The molecule has 100 valence electrons. The first-order valence-corrected chi connectivity index (χ1v) is 7.95. The van der Waals surface area contributed by atoms with Gasteiger partial charge in [-0.05, 0) is 31.0 Å². The lowest BCUT2D eigenvalue weighted by Crippen LogP contribution is -2.35. The van der Waals surface area contributed by atoms with Crippen LogP contribution < -0.4 is 0 Å². The first kappa shape index (κ1) is 14.3. The Balaban J connectivity index is 2.12.